The average molecular weight is 409 g/mol. The molecule has 0 spiro atoms. The van der Waals surface area contributed by atoms with Gasteiger partial charge in [-0.15, -0.1) is 0 Å². The number of para-hydroxylation sites is 1. The minimum atomic E-state index is -0.255. The highest BCUT2D eigenvalue weighted by Crippen LogP contribution is 2.37. The molecule has 0 saturated carbocycles. The first-order chi connectivity index (χ1) is 14.4. The minimum Gasteiger partial charge on any atom is -0.497 e. The van der Waals surface area contributed by atoms with Gasteiger partial charge in [-0.1, -0.05) is 26.0 Å². The van der Waals surface area contributed by atoms with Crippen LogP contribution < -0.4 is 20.5 Å². The highest BCUT2D eigenvalue weighted by molar-refractivity contribution is 6.05. The van der Waals surface area contributed by atoms with E-state index in [0.29, 0.717) is 29.4 Å². The van der Waals surface area contributed by atoms with Gasteiger partial charge < -0.3 is 20.5 Å². The Hall–Kier alpha value is -3.32. The molecule has 0 fully saturated rings. The molecule has 1 aromatic heterocycles. The molecule has 3 rings (SSSR count). The van der Waals surface area contributed by atoms with Crippen LogP contribution in [0.25, 0.3) is 11.3 Å². The number of carbonyl (C=O) groups is 1. The number of aromatic nitrogens is 2. The van der Waals surface area contributed by atoms with Gasteiger partial charge in [-0.05, 0) is 42.3 Å². The lowest BCUT2D eigenvalue weighted by atomic mass is 10.1. The molecule has 2 aromatic carbocycles. The Bertz CT molecular complexity index is 1010. The summed E-state index contributed by atoms with van der Waals surface area (Å²) < 4.78 is 13.1. The van der Waals surface area contributed by atoms with Gasteiger partial charge in [-0.3, -0.25) is 9.48 Å². The van der Waals surface area contributed by atoms with Crippen molar-refractivity contribution in [2.24, 2.45) is 18.7 Å². The standard InChI is InChI=1S/C23H28N4O3/c1-15(2)19(24)14-30-22-18(21-11-12-25-27(21)3)9-6-10-20(22)26-23(28)16-7-5-8-17(13-16)29-4/h5-13,15,19H,14,24H2,1-4H3,(H,26,28)/t19-/m1/s1. The topological polar surface area (TPSA) is 91.4 Å². The van der Waals surface area contributed by atoms with Gasteiger partial charge in [0.25, 0.3) is 5.91 Å². The minimum absolute atomic E-state index is 0.133. The second-order valence-electron chi connectivity index (χ2n) is 7.43. The Kier molecular flexibility index (Phi) is 6.74. The molecular formula is C23H28N4O3. The van der Waals surface area contributed by atoms with Gasteiger partial charge >= 0.3 is 0 Å². The van der Waals surface area contributed by atoms with Gasteiger partial charge in [0.15, 0.2) is 5.75 Å². The number of nitrogens with zero attached hydrogens (tertiary/aromatic N) is 2. The molecule has 158 valence electrons. The zero-order valence-corrected chi connectivity index (χ0v) is 17.8. The van der Waals surface area contributed by atoms with E-state index in [1.165, 1.54) is 0 Å². The van der Waals surface area contributed by atoms with E-state index in [1.807, 2.05) is 45.2 Å². The molecule has 0 bridgehead atoms. The van der Waals surface area contributed by atoms with Crippen molar-refractivity contribution >= 4 is 11.6 Å². The largest absolute Gasteiger partial charge is 0.497 e. The molecule has 1 heterocycles. The van der Waals surface area contributed by atoms with Gasteiger partial charge in [0.1, 0.15) is 12.4 Å². The lowest BCUT2D eigenvalue weighted by Crippen LogP contribution is -2.33. The van der Waals surface area contributed by atoms with Crippen LogP contribution in [0.2, 0.25) is 0 Å². The zero-order valence-electron chi connectivity index (χ0n) is 17.8. The third-order valence-corrected chi connectivity index (χ3v) is 4.97. The molecule has 0 aliphatic carbocycles. The number of hydrogen-bond donors (Lipinski definition) is 2. The first kappa shape index (κ1) is 21.4. The van der Waals surface area contributed by atoms with Crippen molar-refractivity contribution in [1.29, 1.82) is 0 Å². The molecule has 0 aliphatic heterocycles. The number of carbonyl (C=O) groups excluding carboxylic acids is 1. The maximum Gasteiger partial charge on any atom is 0.255 e. The zero-order chi connectivity index (χ0) is 21.7. The highest BCUT2D eigenvalue weighted by Gasteiger charge is 2.19. The van der Waals surface area contributed by atoms with Crippen LogP contribution in [-0.4, -0.2) is 35.4 Å². The maximum absolute atomic E-state index is 12.9. The molecule has 3 N–H and O–H groups in total. The third-order valence-electron chi connectivity index (χ3n) is 4.97. The fourth-order valence-electron chi connectivity index (χ4n) is 2.96. The van der Waals surface area contributed by atoms with Crippen molar-refractivity contribution in [2.75, 3.05) is 19.0 Å². The number of amides is 1. The van der Waals surface area contributed by atoms with Crippen LogP contribution in [-0.2, 0) is 7.05 Å². The van der Waals surface area contributed by atoms with Crippen LogP contribution in [0.1, 0.15) is 24.2 Å². The van der Waals surface area contributed by atoms with Gasteiger partial charge in [-0.2, -0.15) is 5.10 Å². The van der Waals surface area contributed by atoms with Crippen molar-refractivity contribution in [1.82, 2.24) is 9.78 Å². The van der Waals surface area contributed by atoms with E-state index >= 15 is 0 Å². The second-order valence-corrected chi connectivity index (χ2v) is 7.43. The Morgan fingerprint density at radius 2 is 1.97 bits per heavy atom. The van der Waals surface area contributed by atoms with Crippen LogP contribution in [0.3, 0.4) is 0 Å². The predicted molar refractivity (Wildman–Crippen MR) is 118 cm³/mol. The molecule has 0 unspecified atom stereocenters. The smallest absolute Gasteiger partial charge is 0.255 e. The SMILES string of the molecule is COc1cccc(C(=O)Nc2cccc(-c3ccnn3C)c2OC[C@@H](N)C(C)C)c1. The predicted octanol–water partition coefficient (Wildman–Crippen LogP) is 3.71. The number of aryl methyl sites for hydroxylation is 1. The molecule has 1 atom stereocenters. The van der Waals surface area contributed by atoms with Crippen molar-refractivity contribution in [3.8, 4) is 22.8 Å². The van der Waals surface area contributed by atoms with Gasteiger partial charge in [0.2, 0.25) is 0 Å². The lowest BCUT2D eigenvalue weighted by Gasteiger charge is -2.21. The molecule has 0 saturated heterocycles. The van der Waals surface area contributed by atoms with Crippen LogP contribution in [0.4, 0.5) is 5.69 Å². The second kappa shape index (κ2) is 9.45. The van der Waals surface area contributed by atoms with E-state index in [2.05, 4.69) is 10.4 Å². The van der Waals surface area contributed by atoms with E-state index in [9.17, 15) is 4.79 Å². The van der Waals surface area contributed by atoms with E-state index in [0.717, 1.165) is 11.3 Å². The number of nitrogens with one attached hydrogen (secondary N) is 1. The molecule has 30 heavy (non-hydrogen) atoms. The van der Waals surface area contributed by atoms with E-state index in [1.54, 1.807) is 42.3 Å². The molecule has 0 aliphatic rings. The molecule has 0 radical (unpaired) electrons. The van der Waals surface area contributed by atoms with E-state index in [4.69, 9.17) is 15.2 Å². The Morgan fingerprint density at radius 1 is 1.20 bits per heavy atom. The summed E-state index contributed by atoms with van der Waals surface area (Å²) in [5.74, 6) is 1.19. The number of methoxy groups -OCH3 is 1. The van der Waals surface area contributed by atoms with Crippen molar-refractivity contribution in [2.45, 2.75) is 19.9 Å². The summed E-state index contributed by atoms with van der Waals surface area (Å²) in [6.45, 7) is 4.42. The van der Waals surface area contributed by atoms with Crippen LogP contribution in [0.5, 0.6) is 11.5 Å². The molecule has 1 amide bonds. The number of hydrogen-bond acceptors (Lipinski definition) is 5. The van der Waals surface area contributed by atoms with Crippen LogP contribution >= 0.6 is 0 Å². The van der Waals surface area contributed by atoms with Crippen LogP contribution in [0.15, 0.2) is 54.7 Å². The number of ether oxygens (including phenoxy) is 2. The van der Waals surface area contributed by atoms with E-state index in [-0.39, 0.29) is 17.9 Å². The van der Waals surface area contributed by atoms with Gasteiger partial charge in [-0.25, -0.2) is 0 Å². The van der Waals surface area contributed by atoms with Crippen molar-refractivity contribution in [3.63, 3.8) is 0 Å². The number of nitrogens with two attached hydrogens (primary N) is 1. The molecule has 7 heteroatoms. The fraction of sp³-hybridized carbons (Fsp3) is 0.304. The lowest BCUT2D eigenvalue weighted by molar-refractivity contribution is 0.102. The van der Waals surface area contributed by atoms with Gasteiger partial charge in [0, 0.05) is 30.4 Å². The van der Waals surface area contributed by atoms with Gasteiger partial charge in [0.05, 0.1) is 18.5 Å². The normalized spacial score (nSPS) is 11.9. The summed E-state index contributed by atoms with van der Waals surface area (Å²) in [4.78, 5) is 12.9. The number of rotatable bonds is 8. The van der Waals surface area contributed by atoms with Crippen molar-refractivity contribution < 1.29 is 14.3 Å². The number of benzene rings is 2. The molecular weight excluding hydrogens is 380 g/mol. The average Bonchev–Trinajstić information content (AvgIpc) is 3.17. The maximum atomic E-state index is 12.9. The van der Waals surface area contributed by atoms with Crippen molar-refractivity contribution in [3.05, 3.63) is 60.3 Å². The highest BCUT2D eigenvalue weighted by atomic mass is 16.5. The third kappa shape index (κ3) is 4.80. The quantitative estimate of drug-likeness (QED) is 0.593. The molecule has 3 aromatic rings. The summed E-state index contributed by atoms with van der Waals surface area (Å²) in [5, 5.41) is 7.21. The summed E-state index contributed by atoms with van der Waals surface area (Å²) in [5.41, 5.74) is 8.96. The number of anilines is 1. The monoisotopic (exact) mass is 408 g/mol. The summed E-state index contributed by atoms with van der Waals surface area (Å²) in [6.07, 6.45) is 1.72. The Labute approximate surface area is 176 Å². The Morgan fingerprint density at radius 3 is 2.63 bits per heavy atom. The Balaban J connectivity index is 1.96. The first-order valence-electron chi connectivity index (χ1n) is 9.86. The summed E-state index contributed by atoms with van der Waals surface area (Å²) in [6, 6.07) is 14.4. The fourth-order valence-corrected chi connectivity index (χ4v) is 2.96. The summed E-state index contributed by atoms with van der Waals surface area (Å²) in [7, 11) is 3.43. The molecule has 7 nitrogen and oxygen atoms in total. The van der Waals surface area contributed by atoms with Crippen LogP contribution in [0, 0.1) is 5.92 Å². The van der Waals surface area contributed by atoms with E-state index < -0.39 is 0 Å². The first-order valence-corrected chi connectivity index (χ1v) is 9.86. The summed E-state index contributed by atoms with van der Waals surface area (Å²) >= 11 is 0.